The van der Waals surface area contributed by atoms with Gasteiger partial charge in [-0.2, -0.15) is 0 Å². The zero-order chi connectivity index (χ0) is 46.9. The largest absolute Gasteiger partial charge is 0.147 e. The van der Waals surface area contributed by atoms with Crippen LogP contribution in [0.2, 0.25) is 0 Å². The minimum absolute atomic E-state index is 0. The number of halogens is 8. The first kappa shape index (κ1) is 52.1. The van der Waals surface area contributed by atoms with E-state index in [1.54, 1.807) is 24.3 Å². The number of hydrogen-bond donors (Lipinski definition) is 0. The van der Waals surface area contributed by atoms with Gasteiger partial charge in [-0.1, -0.05) is 0 Å². The molecule has 350 valence electrons. The third-order valence-corrected chi connectivity index (χ3v) is 21.3. The molecular weight excluding hydrogens is 973 g/mol. The molecule has 2 aliphatic rings. The molecule has 0 aromatic heterocycles. The first-order valence-corrected chi connectivity index (χ1v) is 26.2. The Kier molecular flexibility index (Phi) is 15.2. The molecule has 67 heavy (non-hydrogen) atoms. The third-order valence-electron chi connectivity index (χ3n) is 13.3. The summed E-state index contributed by atoms with van der Waals surface area (Å²) in [7, 11) is 0. The van der Waals surface area contributed by atoms with Crippen LogP contribution in [0.25, 0.3) is 33.4 Å². The molecule has 1 unspecified atom stereocenters. The fourth-order valence-electron chi connectivity index (χ4n) is 10.6. The summed E-state index contributed by atoms with van der Waals surface area (Å²) in [5.41, 5.74) is 17.0. The van der Waals surface area contributed by atoms with Crippen molar-refractivity contribution >= 4 is 31.3 Å². The van der Waals surface area contributed by atoms with Gasteiger partial charge in [-0.25, -0.2) is 0 Å². The van der Waals surface area contributed by atoms with E-state index < -0.39 is 44.7 Å². The summed E-state index contributed by atoms with van der Waals surface area (Å²) in [5.74, 6) is 0.0503. The second-order valence-electron chi connectivity index (χ2n) is 19.4. The molecule has 0 nitrogen and oxygen atoms in total. The van der Waals surface area contributed by atoms with Gasteiger partial charge in [0.15, 0.2) is 0 Å². The van der Waals surface area contributed by atoms with Gasteiger partial charge in [0.2, 0.25) is 0 Å². The van der Waals surface area contributed by atoms with Gasteiger partial charge in [0, 0.05) is 0 Å². The molecule has 0 saturated carbocycles. The molecule has 0 aliphatic heterocycles. The number of hydrogen-bond acceptors (Lipinski definition) is 0. The second-order valence-corrected chi connectivity index (χ2v) is 25.1. The number of benzene rings is 6. The summed E-state index contributed by atoms with van der Waals surface area (Å²) in [6.07, 6.45) is -1.92. The third kappa shape index (κ3) is 10.2. The first-order chi connectivity index (χ1) is 30.5. The van der Waals surface area contributed by atoms with Crippen molar-refractivity contribution in [2.75, 3.05) is 0 Å². The van der Waals surface area contributed by atoms with Crippen molar-refractivity contribution in [2.45, 2.75) is 101 Å². The monoisotopic (exact) mass is 1030 g/mol. The van der Waals surface area contributed by atoms with Crippen molar-refractivity contribution in [3.63, 3.8) is 0 Å². The van der Waals surface area contributed by atoms with E-state index in [0.717, 1.165) is 84.8 Å². The molecule has 0 radical (unpaired) electrons. The summed E-state index contributed by atoms with van der Waals surface area (Å²) in [4.78, 5) is 0. The maximum atomic E-state index is 14.3. The van der Waals surface area contributed by atoms with Gasteiger partial charge in [-0.3, -0.25) is 0 Å². The van der Waals surface area contributed by atoms with Crippen molar-refractivity contribution < 1.29 is 47.6 Å². The average Bonchev–Trinajstić information content (AvgIpc) is 3.81. The van der Waals surface area contributed by atoms with Gasteiger partial charge in [-0.15, -0.1) is 24.8 Å². The van der Waals surface area contributed by atoms with Crippen LogP contribution in [-0.4, -0.2) is 3.21 Å². The van der Waals surface area contributed by atoms with Crippen LogP contribution in [0, 0.1) is 52.9 Å². The van der Waals surface area contributed by atoms with E-state index in [-0.39, 0.29) is 36.1 Å². The minimum atomic E-state index is -4.56. The Morgan fingerprint density at radius 2 is 1.04 bits per heavy atom. The molecular formula is C58H58Cl2F6Zr. The number of alkyl halides is 6. The van der Waals surface area contributed by atoms with Crippen LogP contribution in [0.5, 0.6) is 0 Å². The quantitative estimate of drug-likeness (QED) is 0.133. The Balaban J connectivity index is 0.00000370. The van der Waals surface area contributed by atoms with Gasteiger partial charge in [0.25, 0.3) is 0 Å². The molecule has 0 fully saturated rings. The molecule has 0 saturated heterocycles. The number of allylic oxidation sites excluding steroid dienone is 4. The molecule has 8 rings (SSSR count). The van der Waals surface area contributed by atoms with Crippen molar-refractivity contribution in [1.29, 1.82) is 0 Å². The fourth-order valence-corrected chi connectivity index (χ4v) is 19.5. The molecule has 0 heterocycles. The molecule has 1 atom stereocenters. The standard InChI is InChI=1S/C31H29.C15H8F6.C12H19.2ClH.Zr/c1-18-11-20(3)30(21(4)12-18)24-7-9-28-26(15-24)17-27-16-25(8-10-29(27)28)31-22(5)13-19(2)14-23(31)6;16-14(17,18)12-5-1-10(2-6-12)9-11-3-7-13(8-4-11)15(19,20)21;1-5-6-10-7-8-11(9-10)12(2,3)4;;;/h7-15H,17H2,1-6H3;1-8H;8-10H,5-6H2,1-4H3;2*1H;. The molecule has 6 aromatic rings. The molecule has 0 bridgehead atoms. The van der Waals surface area contributed by atoms with Crippen LogP contribution in [0.4, 0.5) is 26.3 Å². The van der Waals surface area contributed by atoms with E-state index in [1.165, 1.54) is 45.5 Å². The molecule has 0 amide bonds. The normalized spacial score (nSPS) is 14.4. The summed E-state index contributed by atoms with van der Waals surface area (Å²) in [6.45, 7) is 21.6. The smallest absolute Gasteiger partial charge is 0.147 e. The minimum Gasteiger partial charge on any atom is -0.147 e. The summed E-state index contributed by atoms with van der Waals surface area (Å²) in [6, 6.07) is 30.9. The van der Waals surface area contributed by atoms with Gasteiger partial charge >= 0.3 is 391 Å². The predicted molar refractivity (Wildman–Crippen MR) is 268 cm³/mol. The van der Waals surface area contributed by atoms with Crippen molar-refractivity contribution in [2.24, 2.45) is 11.3 Å². The Bertz CT molecular complexity index is 2850. The van der Waals surface area contributed by atoms with Crippen LogP contribution in [0.15, 0.2) is 124 Å². The molecule has 0 N–H and O–H groups in total. The van der Waals surface area contributed by atoms with Crippen molar-refractivity contribution in [3.05, 3.63) is 191 Å². The Morgan fingerprint density at radius 1 is 0.582 bits per heavy atom. The topological polar surface area (TPSA) is 0 Å². The van der Waals surface area contributed by atoms with E-state index in [1.807, 2.05) is 0 Å². The van der Waals surface area contributed by atoms with E-state index in [9.17, 15) is 26.3 Å². The second kappa shape index (κ2) is 19.6. The Labute approximate surface area is 412 Å². The maximum absolute atomic E-state index is 14.3. The van der Waals surface area contributed by atoms with E-state index >= 15 is 0 Å². The van der Waals surface area contributed by atoms with E-state index in [4.69, 9.17) is 0 Å². The Hall–Kier alpha value is -4.29. The molecule has 9 heteroatoms. The van der Waals surface area contributed by atoms with Crippen LogP contribution < -0.4 is 3.27 Å². The zero-order valence-electron chi connectivity index (χ0n) is 39.8. The summed E-state index contributed by atoms with van der Waals surface area (Å²) >= 11 is -3.86. The summed E-state index contributed by atoms with van der Waals surface area (Å²) in [5, 5.41) is 0. The number of fused-ring (bicyclic) bond motifs is 3. The van der Waals surface area contributed by atoms with Gasteiger partial charge in [0.05, 0.1) is 0 Å². The molecule has 2 aliphatic carbocycles. The zero-order valence-corrected chi connectivity index (χ0v) is 43.8. The van der Waals surface area contributed by atoms with Crippen LogP contribution in [0.3, 0.4) is 0 Å². The van der Waals surface area contributed by atoms with Crippen molar-refractivity contribution in [3.8, 4) is 33.4 Å². The van der Waals surface area contributed by atoms with Gasteiger partial charge in [-0.05, 0) is 0 Å². The average molecular weight is 1030 g/mol. The first-order valence-electron chi connectivity index (χ1n) is 22.5. The molecule has 0 spiro atoms. The maximum Gasteiger partial charge on any atom is -0.147 e. The predicted octanol–water partition coefficient (Wildman–Crippen LogP) is 17.1. The fraction of sp³-hybridized carbons (Fsp3) is 0.293. The van der Waals surface area contributed by atoms with Crippen LogP contribution >= 0.6 is 24.8 Å². The van der Waals surface area contributed by atoms with Gasteiger partial charge < -0.3 is 0 Å². The van der Waals surface area contributed by atoms with Crippen LogP contribution in [-0.2, 0) is 40.0 Å². The van der Waals surface area contributed by atoms with Gasteiger partial charge in [0.1, 0.15) is 0 Å². The summed E-state index contributed by atoms with van der Waals surface area (Å²) < 4.78 is 89.0. The van der Waals surface area contributed by atoms with Crippen molar-refractivity contribution in [1.82, 2.24) is 0 Å². The number of aryl methyl sites for hydroxylation is 6. The van der Waals surface area contributed by atoms with E-state index in [2.05, 4.69) is 136 Å². The SMILES string of the molecule is CCCC1C=C(C(C)(C)C)C=[C]1[Zr](=[C](c1ccc(C(F)(F)F)cc1)c1ccc(C(F)(F)F)cc1)[c]1c(-c2c(C)cc(C)cc2C)ccc2c1Cc1cc(-c3c(C)cc(C)cc3C)ccc1-2.Cl.Cl. The molecule has 6 aromatic carbocycles. The van der Waals surface area contributed by atoms with Crippen LogP contribution in [0.1, 0.15) is 107 Å². The number of rotatable bonds is 8. The Morgan fingerprint density at radius 3 is 1.51 bits per heavy atom. The van der Waals surface area contributed by atoms with E-state index in [0.29, 0.717) is 17.5 Å².